The molecule has 4 heteroatoms. The summed E-state index contributed by atoms with van der Waals surface area (Å²) in [4.78, 5) is 23.5. The summed E-state index contributed by atoms with van der Waals surface area (Å²) in [7, 11) is 0. The van der Waals surface area contributed by atoms with E-state index in [1.165, 1.54) is 0 Å². The van der Waals surface area contributed by atoms with Crippen molar-refractivity contribution < 1.29 is 0 Å². The molecule has 4 nitrogen and oxygen atoms in total. The lowest BCUT2D eigenvalue weighted by atomic mass is 10.1. The Bertz CT molecular complexity index is 617. The highest BCUT2D eigenvalue weighted by Crippen LogP contribution is 2.15. The maximum Gasteiger partial charge on any atom is 0.251 e. The first-order valence-electron chi connectivity index (χ1n) is 6.67. The van der Waals surface area contributed by atoms with Crippen LogP contribution in [-0.2, 0) is 6.42 Å². The Morgan fingerprint density at radius 1 is 1.26 bits per heavy atom. The Labute approximate surface area is 112 Å². The van der Waals surface area contributed by atoms with E-state index in [0.717, 1.165) is 29.9 Å². The van der Waals surface area contributed by atoms with Crippen LogP contribution in [-0.4, -0.2) is 15.0 Å². The summed E-state index contributed by atoms with van der Waals surface area (Å²) >= 11 is 0. The summed E-state index contributed by atoms with van der Waals surface area (Å²) in [5, 5.41) is 0. The highest BCUT2D eigenvalue weighted by molar-refractivity contribution is 5.49. The van der Waals surface area contributed by atoms with Gasteiger partial charge in [-0.3, -0.25) is 4.79 Å². The first kappa shape index (κ1) is 13.5. The normalized spacial score (nSPS) is 10.9. The first-order chi connectivity index (χ1) is 9.10. The third-order valence-corrected chi connectivity index (χ3v) is 2.91. The van der Waals surface area contributed by atoms with E-state index in [1.807, 2.05) is 32.0 Å². The van der Waals surface area contributed by atoms with Crippen LogP contribution in [0.25, 0.3) is 11.5 Å². The molecule has 0 saturated heterocycles. The van der Waals surface area contributed by atoms with Crippen LogP contribution in [0.5, 0.6) is 0 Å². The molecule has 1 N–H and O–H groups in total. The minimum Gasteiger partial charge on any atom is -0.305 e. The van der Waals surface area contributed by atoms with Gasteiger partial charge in [-0.05, 0) is 24.5 Å². The monoisotopic (exact) mass is 257 g/mol. The molecule has 0 fully saturated rings. The van der Waals surface area contributed by atoms with Gasteiger partial charge in [-0.25, -0.2) is 9.97 Å². The van der Waals surface area contributed by atoms with Gasteiger partial charge in [0.25, 0.3) is 5.56 Å². The number of pyridine rings is 1. The van der Waals surface area contributed by atoms with Crippen LogP contribution in [0.2, 0.25) is 0 Å². The van der Waals surface area contributed by atoms with Crippen LogP contribution in [0, 0.1) is 0 Å². The number of H-pyrrole nitrogens is 1. The molecular formula is C15H19N3O. The Morgan fingerprint density at radius 2 is 2.05 bits per heavy atom. The van der Waals surface area contributed by atoms with Crippen molar-refractivity contribution in [1.82, 2.24) is 15.0 Å². The average molecular weight is 257 g/mol. The number of rotatable bonds is 4. The summed E-state index contributed by atoms with van der Waals surface area (Å²) in [6.07, 6.45) is 1.98. The zero-order valence-corrected chi connectivity index (χ0v) is 11.6. The molecule has 0 aromatic carbocycles. The first-order valence-corrected chi connectivity index (χ1v) is 6.67. The molecule has 0 spiro atoms. The quantitative estimate of drug-likeness (QED) is 0.916. The van der Waals surface area contributed by atoms with Gasteiger partial charge in [0.1, 0.15) is 5.69 Å². The van der Waals surface area contributed by atoms with Crippen molar-refractivity contribution in [1.29, 1.82) is 0 Å². The summed E-state index contributed by atoms with van der Waals surface area (Å²) in [5.41, 5.74) is 2.42. The van der Waals surface area contributed by atoms with E-state index in [2.05, 4.69) is 21.9 Å². The van der Waals surface area contributed by atoms with Gasteiger partial charge in [-0.15, -0.1) is 0 Å². The average Bonchev–Trinajstić information content (AvgIpc) is 2.38. The lowest BCUT2D eigenvalue weighted by Crippen LogP contribution is -2.12. The molecule has 100 valence electrons. The molecular weight excluding hydrogens is 238 g/mol. The number of nitrogens with zero attached hydrogens (tertiary/aromatic N) is 2. The van der Waals surface area contributed by atoms with E-state index in [9.17, 15) is 4.79 Å². The molecule has 0 atom stereocenters. The zero-order valence-electron chi connectivity index (χ0n) is 11.6. The second-order valence-corrected chi connectivity index (χ2v) is 4.94. The van der Waals surface area contributed by atoms with E-state index in [1.54, 1.807) is 6.07 Å². The standard InChI is InChI=1S/C15H19N3O/c1-4-6-11-7-5-8-12(16-11)15-17-13(10(2)3)9-14(19)18-15/h5,7-10H,4,6H2,1-3H3,(H,17,18,19). The molecule has 0 aliphatic heterocycles. The maximum atomic E-state index is 11.7. The highest BCUT2D eigenvalue weighted by Gasteiger charge is 2.08. The lowest BCUT2D eigenvalue weighted by molar-refractivity contribution is 0.809. The van der Waals surface area contributed by atoms with Crippen molar-refractivity contribution in [2.75, 3.05) is 0 Å². The van der Waals surface area contributed by atoms with Crippen molar-refractivity contribution in [3.05, 3.63) is 46.0 Å². The fraction of sp³-hybridized carbons (Fsp3) is 0.400. The second-order valence-electron chi connectivity index (χ2n) is 4.94. The van der Waals surface area contributed by atoms with Crippen LogP contribution in [0.4, 0.5) is 0 Å². The summed E-state index contributed by atoms with van der Waals surface area (Å²) in [5.74, 6) is 0.772. The molecule has 0 aliphatic carbocycles. The Kier molecular flexibility index (Phi) is 4.10. The van der Waals surface area contributed by atoms with Gasteiger partial charge >= 0.3 is 0 Å². The van der Waals surface area contributed by atoms with Gasteiger partial charge in [0, 0.05) is 11.8 Å². The van der Waals surface area contributed by atoms with Crippen molar-refractivity contribution >= 4 is 0 Å². The molecule has 0 radical (unpaired) electrons. The minimum absolute atomic E-state index is 0.128. The Balaban J connectivity index is 2.46. The van der Waals surface area contributed by atoms with Crippen LogP contribution in [0.15, 0.2) is 29.1 Å². The van der Waals surface area contributed by atoms with E-state index < -0.39 is 0 Å². The lowest BCUT2D eigenvalue weighted by Gasteiger charge is -2.07. The molecule has 0 bridgehead atoms. The maximum absolute atomic E-state index is 11.7. The van der Waals surface area contributed by atoms with Crippen molar-refractivity contribution in [3.8, 4) is 11.5 Å². The van der Waals surface area contributed by atoms with Crippen LogP contribution in [0.3, 0.4) is 0 Å². The van der Waals surface area contributed by atoms with E-state index >= 15 is 0 Å². The fourth-order valence-electron chi connectivity index (χ4n) is 1.90. The number of aromatic nitrogens is 3. The number of hydrogen-bond acceptors (Lipinski definition) is 3. The van der Waals surface area contributed by atoms with E-state index in [0.29, 0.717) is 5.82 Å². The van der Waals surface area contributed by atoms with Gasteiger partial charge in [-0.1, -0.05) is 33.3 Å². The summed E-state index contributed by atoms with van der Waals surface area (Å²) in [6.45, 7) is 6.16. The van der Waals surface area contributed by atoms with Crippen molar-refractivity contribution in [3.63, 3.8) is 0 Å². The van der Waals surface area contributed by atoms with Gasteiger partial charge in [-0.2, -0.15) is 0 Å². The van der Waals surface area contributed by atoms with Gasteiger partial charge in [0.15, 0.2) is 5.82 Å². The Morgan fingerprint density at radius 3 is 2.74 bits per heavy atom. The smallest absolute Gasteiger partial charge is 0.251 e. The summed E-state index contributed by atoms with van der Waals surface area (Å²) in [6, 6.07) is 7.37. The largest absolute Gasteiger partial charge is 0.305 e. The fourth-order valence-corrected chi connectivity index (χ4v) is 1.90. The minimum atomic E-state index is -0.128. The van der Waals surface area contributed by atoms with Crippen molar-refractivity contribution in [2.24, 2.45) is 0 Å². The molecule has 19 heavy (non-hydrogen) atoms. The highest BCUT2D eigenvalue weighted by atomic mass is 16.1. The molecule has 0 saturated carbocycles. The van der Waals surface area contributed by atoms with Gasteiger partial charge in [0.2, 0.25) is 0 Å². The topological polar surface area (TPSA) is 58.6 Å². The second kappa shape index (κ2) is 5.78. The SMILES string of the molecule is CCCc1cccc(-c2nc(C(C)C)cc(=O)[nH]2)n1. The molecule has 2 aromatic heterocycles. The molecule has 0 unspecified atom stereocenters. The Hall–Kier alpha value is -1.97. The predicted molar refractivity (Wildman–Crippen MR) is 76.2 cm³/mol. The van der Waals surface area contributed by atoms with Gasteiger partial charge < -0.3 is 4.98 Å². The molecule has 2 rings (SSSR count). The molecule has 2 heterocycles. The third kappa shape index (κ3) is 3.28. The molecule has 0 amide bonds. The van der Waals surface area contributed by atoms with Gasteiger partial charge in [0.05, 0.1) is 5.69 Å². The summed E-state index contributed by atoms with van der Waals surface area (Å²) < 4.78 is 0. The van der Waals surface area contributed by atoms with Crippen LogP contribution in [0.1, 0.15) is 44.5 Å². The zero-order chi connectivity index (χ0) is 13.8. The number of aryl methyl sites for hydroxylation is 1. The number of aromatic amines is 1. The third-order valence-electron chi connectivity index (χ3n) is 2.91. The number of hydrogen-bond donors (Lipinski definition) is 1. The van der Waals surface area contributed by atoms with E-state index in [4.69, 9.17) is 0 Å². The predicted octanol–water partition coefficient (Wildman–Crippen LogP) is 2.91. The van der Waals surface area contributed by atoms with Crippen LogP contribution >= 0.6 is 0 Å². The van der Waals surface area contributed by atoms with Crippen molar-refractivity contribution in [2.45, 2.75) is 39.5 Å². The molecule has 0 aliphatic rings. The van der Waals surface area contributed by atoms with Crippen LogP contribution < -0.4 is 5.56 Å². The number of nitrogens with one attached hydrogen (secondary N) is 1. The molecule has 2 aromatic rings. The van der Waals surface area contributed by atoms with E-state index in [-0.39, 0.29) is 11.5 Å².